The van der Waals surface area contributed by atoms with Crippen LogP contribution in [-0.2, 0) is 0 Å². The monoisotopic (exact) mass is 467 g/mol. The minimum Gasteiger partial charge on any atom is -0.495 e. The number of carbonyl (C=O) groups excluding carboxylic acids is 1. The van der Waals surface area contributed by atoms with Crippen LogP contribution in [0.4, 0.5) is 5.69 Å². The number of carbonyl (C=O) groups is 1. The number of methoxy groups -OCH3 is 1. The van der Waals surface area contributed by atoms with Gasteiger partial charge >= 0.3 is 0 Å². The highest BCUT2D eigenvalue weighted by molar-refractivity contribution is 5.97. The first kappa shape index (κ1) is 25.1. The predicted octanol–water partition coefficient (Wildman–Crippen LogP) is 3.93. The summed E-state index contributed by atoms with van der Waals surface area (Å²) in [6.07, 6.45) is 2.07. The summed E-state index contributed by atoms with van der Waals surface area (Å²) in [5.41, 5.74) is 1.85. The van der Waals surface area contributed by atoms with Crippen molar-refractivity contribution in [2.24, 2.45) is 0 Å². The van der Waals surface area contributed by atoms with E-state index in [4.69, 9.17) is 9.47 Å². The smallest absolute Gasteiger partial charge is 0.260 e. The van der Waals surface area contributed by atoms with Crippen molar-refractivity contribution in [2.45, 2.75) is 12.8 Å². The molecule has 0 bridgehead atoms. The molecule has 8 heteroatoms. The number of hydrogen-bond acceptors (Lipinski definition) is 5. The topological polar surface area (TPSA) is 45.2 Å². The van der Waals surface area contributed by atoms with Gasteiger partial charge in [-0.05, 0) is 43.7 Å². The van der Waals surface area contributed by atoms with Gasteiger partial charge in [0, 0.05) is 32.7 Å². The normalized spacial score (nSPS) is 16.0. The highest BCUT2D eigenvalue weighted by Crippen LogP contribution is 2.28. The molecule has 31 heavy (non-hydrogen) atoms. The molecular formula is C23H31Cl2N3O3. The van der Waals surface area contributed by atoms with Gasteiger partial charge in [0.25, 0.3) is 5.91 Å². The third-order valence-electron chi connectivity index (χ3n) is 5.73. The van der Waals surface area contributed by atoms with E-state index in [9.17, 15) is 4.79 Å². The zero-order valence-electron chi connectivity index (χ0n) is 17.9. The lowest BCUT2D eigenvalue weighted by atomic mass is 10.1. The Kier molecular flexibility index (Phi) is 9.75. The van der Waals surface area contributed by atoms with Crippen LogP contribution >= 0.6 is 24.8 Å². The number of benzene rings is 2. The predicted molar refractivity (Wildman–Crippen MR) is 128 cm³/mol. The lowest BCUT2D eigenvalue weighted by Gasteiger charge is -2.36. The van der Waals surface area contributed by atoms with Crippen LogP contribution in [0, 0.1) is 0 Å². The zero-order valence-corrected chi connectivity index (χ0v) is 19.5. The van der Waals surface area contributed by atoms with E-state index in [0.29, 0.717) is 18.0 Å². The third kappa shape index (κ3) is 5.97. The number of para-hydroxylation sites is 3. The lowest BCUT2D eigenvalue weighted by molar-refractivity contribution is 0.0514. The number of amides is 1. The number of nitrogens with zero attached hydrogens (tertiary/aromatic N) is 3. The Labute approximate surface area is 196 Å². The number of halogens is 2. The minimum atomic E-state index is 0. The average Bonchev–Trinajstić information content (AvgIpc) is 2.78. The van der Waals surface area contributed by atoms with E-state index < -0.39 is 0 Å². The molecule has 0 aliphatic carbocycles. The Morgan fingerprint density at radius 2 is 1.58 bits per heavy atom. The molecule has 1 fully saturated rings. The molecule has 0 radical (unpaired) electrons. The number of ether oxygens (including phenoxy) is 2. The molecule has 0 saturated carbocycles. The summed E-state index contributed by atoms with van der Waals surface area (Å²) < 4.78 is 11.2. The SMILES string of the molecule is COc1ccccc1N1CCN(CCCCN2COc3ccccc3C2=O)CC1.Cl.Cl. The van der Waals surface area contributed by atoms with Crippen molar-refractivity contribution >= 4 is 36.4 Å². The molecule has 6 nitrogen and oxygen atoms in total. The second-order valence-corrected chi connectivity index (χ2v) is 7.55. The van der Waals surface area contributed by atoms with Crippen LogP contribution in [0.1, 0.15) is 23.2 Å². The van der Waals surface area contributed by atoms with Gasteiger partial charge in [0.05, 0.1) is 18.4 Å². The van der Waals surface area contributed by atoms with Crippen LogP contribution in [0.2, 0.25) is 0 Å². The molecule has 0 atom stereocenters. The van der Waals surface area contributed by atoms with Gasteiger partial charge in [-0.15, -0.1) is 24.8 Å². The Hall–Kier alpha value is -2.15. The summed E-state index contributed by atoms with van der Waals surface area (Å²) in [6, 6.07) is 15.7. The first-order valence-corrected chi connectivity index (χ1v) is 10.4. The van der Waals surface area contributed by atoms with Crippen LogP contribution in [0.15, 0.2) is 48.5 Å². The molecule has 0 N–H and O–H groups in total. The molecule has 0 unspecified atom stereocenters. The van der Waals surface area contributed by atoms with E-state index in [0.717, 1.165) is 57.9 Å². The van der Waals surface area contributed by atoms with Gasteiger partial charge in [0.2, 0.25) is 0 Å². The first-order valence-electron chi connectivity index (χ1n) is 10.4. The molecular weight excluding hydrogens is 437 g/mol. The molecule has 1 amide bonds. The highest BCUT2D eigenvalue weighted by Gasteiger charge is 2.25. The van der Waals surface area contributed by atoms with Crippen molar-refractivity contribution in [3.05, 3.63) is 54.1 Å². The minimum absolute atomic E-state index is 0. The van der Waals surface area contributed by atoms with E-state index in [1.54, 1.807) is 7.11 Å². The van der Waals surface area contributed by atoms with Gasteiger partial charge in [-0.25, -0.2) is 0 Å². The highest BCUT2D eigenvalue weighted by atomic mass is 35.5. The fourth-order valence-corrected chi connectivity index (χ4v) is 4.05. The molecule has 0 spiro atoms. The Morgan fingerprint density at radius 1 is 0.903 bits per heavy atom. The molecule has 2 aliphatic heterocycles. The third-order valence-corrected chi connectivity index (χ3v) is 5.73. The van der Waals surface area contributed by atoms with Gasteiger partial charge in [0.1, 0.15) is 11.5 Å². The molecule has 170 valence electrons. The molecule has 2 aromatic carbocycles. The van der Waals surface area contributed by atoms with Crippen molar-refractivity contribution in [3.8, 4) is 11.5 Å². The van der Waals surface area contributed by atoms with E-state index in [1.807, 2.05) is 41.3 Å². The molecule has 2 heterocycles. The maximum absolute atomic E-state index is 12.6. The number of rotatable bonds is 7. The van der Waals surface area contributed by atoms with Crippen LogP contribution in [0.25, 0.3) is 0 Å². The second kappa shape index (κ2) is 12.0. The van der Waals surface area contributed by atoms with Crippen molar-refractivity contribution in [1.29, 1.82) is 0 Å². The number of hydrogen-bond donors (Lipinski definition) is 0. The Balaban J connectivity index is 0.00000171. The fraction of sp³-hybridized carbons (Fsp3) is 0.435. The summed E-state index contributed by atoms with van der Waals surface area (Å²) in [5.74, 6) is 1.72. The summed E-state index contributed by atoms with van der Waals surface area (Å²) in [7, 11) is 1.73. The molecule has 4 rings (SSSR count). The Bertz CT molecular complexity index is 844. The molecule has 1 saturated heterocycles. The fourth-order valence-electron chi connectivity index (χ4n) is 4.05. The largest absolute Gasteiger partial charge is 0.495 e. The quantitative estimate of drug-likeness (QED) is 0.577. The summed E-state index contributed by atoms with van der Waals surface area (Å²) in [5, 5.41) is 0. The maximum Gasteiger partial charge on any atom is 0.260 e. The van der Waals surface area contributed by atoms with Crippen LogP contribution in [0.3, 0.4) is 0 Å². The first-order chi connectivity index (χ1) is 14.3. The van der Waals surface area contributed by atoms with Gasteiger partial charge < -0.3 is 19.3 Å². The molecule has 2 aromatic rings. The van der Waals surface area contributed by atoms with Crippen molar-refractivity contribution in [2.75, 3.05) is 58.0 Å². The summed E-state index contributed by atoms with van der Waals surface area (Å²) in [6.45, 7) is 6.29. The summed E-state index contributed by atoms with van der Waals surface area (Å²) in [4.78, 5) is 19.3. The summed E-state index contributed by atoms with van der Waals surface area (Å²) >= 11 is 0. The van der Waals surface area contributed by atoms with Crippen LogP contribution in [-0.4, -0.2) is 68.8 Å². The Morgan fingerprint density at radius 3 is 2.35 bits per heavy atom. The van der Waals surface area contributed by atoms with E-state index >= 15 is 0 Å². The van der Waals surface area contributed by atoms with Gasteiger partial charge in [0.15, 0.2) is 6.73 Å². The standard InChI is InChI=1S/C23H29N3O3.2ClH/c1-28-22-11-5-3-9-20(22)25-16-14-24(15-17-25)12-6-7-13-26-18-29-21-10-4-2-8-19(21)23(26)27;;/h2-5,8-11H,6-7,12-18H2,1H3;2*1H. The number of fused-ring (bicyclic) bond motifs is 1. The van der Waals surface area contributed by atoms with Gasteiger partial charge in [-0.3, -0.25) is 9.69 Å². The van der Waals surface area contributed by atoms with Crippen molar-refractivity contribution < 1.29 is 14.3 Å². The van der Waals surface area contributed by atoms with Crippen molar-refractivity contribution in [3.63, 3.8) is 0 Å². The van der Waals surface area contributed by atoms with E-state index in [1.165, 1.54) is 5.69 Å². The zero-order chi connectivity index (χ0) is 20.1. The van der Waals surface area contributed by atoms with Crippen LogP contribution < -0.4 is 14.4 Å². The average molecular weight is 468 g/mol. The molecule has 2 aliphatic rings. The van der Waals surface area contributed by atoms with Gasteiger partial charge in [-0.2, -0.15) is 0 Å². The van der Waals surface area contributed by atoms with Crippen LogP contribution in [0.5, 0.6) is 11.5 Å². The molecule has 0 aromatic heterocycles. The number of unbranched alkanes of at least 4 members (excludes halogenated alkanes) is 1. The van der Waals surface area contributed by atoms with Gasteiger partial charge in [-0.1, -0.05) is 24.3 Å². The van der Waals surface area contributed by atoms with E-state index in [2.05, 4.69) is 21.9 Å². The van der Waals surface area contributed by atoms with E-state index in [-0.39, 0.29) is 30.7 Å². The van der Waals surface area contributed by atoms with Crippen molar-refractivity contribution in [1.82, 2.24) is 9.80 Å². The number of anilines is 1. The maximum atomic E-state index is 12.6. The number of piperazine rings is 1. The second-order valence-electron chi connectivity index (χ2n) is 7.55. The lowest BCUT2D eigenvalue weighted by Crippen LogP contribution is -2.46.